The normalized spacial score (nSPS) is 16.5. The third kappa shape index (κ3) is 3.75. The van der Waals surface area contributed by atoms with Gasteiger partial charge in [0.15, 0.2) is 11.5 Å². The van der Waals surface area contributed by atoms with Crippen molar-refractivity contribution in [3.63, 3.8) is 0 Å². The Morgan fingerprint density at radius 1 is 1.18 bits per heavy atom. The van der Waals surface area contributed by atoms with Gasteiger partial charge < -0.3 is 24.5 Å². The zero-order valence-electron chi connectivity index (χ0n) is 17.7. The molecule has 0 bridgehead atoms. The third-order valence-corrected chi connectivity index (χ3v) is 5.79. The lowest BCUT2D eigenvalue weighted by Gasteiger charge is -2.32. The first kappa shape index (κ1) is 19.6. The lowest BCUT2D eigenvalue weighted by Crippen LogP contribution is -2.44. The molecular formula is C23H22N8O2. The van der Waals surface area contributed by atoms with Gasteiger partial charge >= 0.3 is 0 Å². The predicted octanol–water partition coefficient (Wildman–Crippen LogP) is 2.61. The van der Waals surface area contributed by atoms with Crippen LogP contribution in [0.4, 0.5) is 17.3 Å². The third-order valence-electron chi connectivity index (χ3n) is 5.79. The number of aliphatic hydroxyl groups excluding tert-OH is 1. The summed E-state index contributed by atoms with van der Waals surface area (Å²) in [6, 6.07) is 10.0. The van der Waals surface area contributed by atoms with Gasteiger partial charge in [-0.15, -0.1) is 0 Å². The molecule has 1 aliphatic rings. The molecule has 1 aliphatic heterocycles. The fourth-order valence-corrected chi connectivity index (χ4v) is 4.07. The SMILES string of the molecule is OC[C@@H]1CN(c2ccc(Nc3nc(-c4ccc5cn[nH]c5c4)cn4ccnc34)cn2)CCO1. The molecule has 0 aliphatic carbocycles. The van der Waals surface area contributed by atoms with Gasteiger partial charge in [0.25, 0.3) is 0 Å². The second-order valence-electron chi connectivity index (χ2n) is 7.96. The van der Waals surface area contributed by atoms with Crippen molar-refractivity contribution in [3.05, 3.63) is 61.3 Å². The second kappa shape index (κ2) is 8.15. The first-order valence-electron chi connectivity index (χ1n) is 10.7. The minimum Gasteiger partial charge on any atom is -0.394 e. The van der Waals surface area contributed by atoms with Crippen LogP contribution in [0.2, 0.25) is 0 Å². The average Bonchev–Trinajstić information content (AvgIpc) is 3.53. The van der Waals surface area contributed by atoms with E-state index in [2.05, 4.69) is 30.4 Å². The lowest BCUT2D eigenvalue weighted by atomic mass is 10.1. The molecule has 0 amide bonds. The molecule has 0 unspecified atom stereocenters. The quantitative estimate of drug-likeness (QED) is 0.380. The van der Waals surface area contributed by atoms with Gasteiger partial charge in [0.1, 0.15) is 5.82 Å². The second-order valence-corrected chi connectivity index (χ2v) is 7.96. The number of aromatic nitrogens is 6. The number of aliphatic hydroxyl groups is 1. The molecule has 0 radical (unpaired) electrons. The molecule has 1 fully saturated rings. The first-order chi connectivity index (χ1) is 16.3. The number of imidazole rings is 1. The Bertz CT molecular complexity index is 1410. The molecule has 4 aromatic heterocycles. The van der Waals surface area contributed by atoms with Crippen LogP contribution in [-0.2, 0) is 4.74 Å². The summed E-state index contributed by atoms with van der Waals surface area (Å²) >= 11 is 0. The standard InChI is InChI=1S/C23H22N8O2/c32-14-18-12-30(7-8-33-18)21-4-3-17(11-25-21)27-22-23-24-5-6-31(23)13-20(28-22)15-1-2-16-10-26-29-19(16)9-15/h1-6,9-11,13,18,32H,7-8,12,14H2,(H,26,29)(H,27,28)/t18-/m0/s1. The molecular weight excluding hydrogens is 420 g/mol. The van der Waals surface area contributed by atoms with E-state index in [0.717, 1.165) is 45.9 Å². The molecule has 1 saturated heterocycles. The number of nitrogens with one attached hydrogen (secondary N) is 2. The summed E-state index contributed by atoms with van der Waals surface area (Å²) in [5, 5.41) is 20.9. The number of rotatable bonds is 5. The summed E-state index contributed by atoms with van der Waals surface area (Å²) in [7, 11) is 0. The van der Waals surface area contributed by atoms with E-state index in [1.165, 1.54) is 0 Å². The maximum absolute atomic E-state index is 9.38. The summed E-state index contributed by atoms with van der Waals surface area (Å²) in [5.74, 6) is 1.49. The molecule has 3 N–H and O–H groups in total. The number of nitrogens with zero attached hydrogens (tertiary/aromatic N) is 6. The first-order valence-corrected chi connectivity index (χ1v) is 10.7. The average molecular weight is 442 g/mol. The van der Waals surface area contributed by atoms with Gasteiger partial charge in [-0.2, -0.15) is 5.10 Å². The number of benzene rings is 1. The van der Waals surface area contributed by atoms with Gasteiger partial charge in [0.2, 0.25) is 0 Å². The molecule has 0 spiro atoms. The highest BCUT2D eigenvalue weighted by Crippen LogP contribution is 2.27. The summed E-state index contributed by atoms with van der Waals surface area (Å²) < 4.78 is 7.48. The molecule has 1 aromatic carbocycles. The molecule has 10 heteroatoms. The van der Waals surface area contributed by atoms with Crippen LogP contribution in [-0.4, -0.2) is 67.1 Å². The molecule has 33 heavy (non-hydrogen) atoms. The van der Waals surface area contributed by atoms with Gasteiger partial charge in [0.05, 0.1) is 48.6 Å². The zero-order chi connectivity index (χ0) is 22.2. The monoisotopic (exact) mass is 442 g/mol. The fourth-order valence-electron chi connectivity index (χ4n) is 4.07. The van der Waals surface area contributed by atoms with E-state index in [4.69, 9.17) is 9.72 Å². The summed E-state index contributed by atoms with van der Waals surface area (Å²) in [6.07, 6.45) is 9.01. The highest BCUT2D eigenvalue weighted by Gasteiger charge is 2.20. The number of morpholine rings is 1. The van der Waals surface area contributed by atoms with E-state index in [1.807, 2.05) is 47.1 Å². The predicted molar refractivity (Wildman–Crippen MR) is 125 cm³/mol. The van der Waals surface area contributed by atoms with Gasteiger partial charge in [-0.05, 0) is 18.2 Å². The van der Waals surface area contributed by atoms with Crippen molar-refractivity contribution in [2.75, 3.05) is 36.5 Å². The molecule has 5 aromatic rings. The van der Waals surface area contributed by atoms with Crippen LogP contribution in [0.25, 0.3) is 27.8 Å². The Kier molecular flexibility index (Phi) is 4.85. The maximum atomic E-state index is 9.38. The van der Waals surface area contributed by atoms with Gasteiger partial charge in [-0.3, -0.25) is 5.10 Å². The number of fused-ring (bicyclic) bond motifs is 2. The molecule has 6 rings (SSSR count). The van der Waals surface area contributed by atoms with Gasteiger partial charge in [-0.25, -0.2) is 15.0 Å². The molecule has 0 saturated carbocycles. The van der Waals surface area contributed by atoms with E-state index >= 15 is 0 Å². The van der Waals surface area contributed by atoms with Crippen LogP contribution in [0.5, 0.6) is 0 Å². The van der Waals surface area contributed by atoms with Crippen LogP contribution >= 0.6 is 0 Å². The Hall–Kier alpha value is -4.02. The van der Waals surface area contributed by atoms with Gasteiger partial charge in [0, 0.05) is 42.6 Å². The van der Waals surface area contributed by atoms with Crippen LogP contribution in [0.1, 0.15) is 0 Å². The topological polar surface area (TPSA) is 116 Å². The number of H-pyrrole nitrogens is 1. The van der Waals surface area contributed by atoms with E-state index in [-0.39, 0.29) is 12.7 Å². The maximum Gasteiger partial charge on any atom is 0.180 e. The largest absolute Gasteiger partial charge is 0.394 e. The van der Waals surface area contributed by atoms with Crippen LogP contribution in [0.15, 0.2) is 61.3 Å². The highest BCUT2D eigenvalue weighted by atomic mass is 16.5. The number of aromatic amines is 1. The molecule has 5 heterocycles. The number of anilines is 3. The van der Waals surface area contributed by atoms with Crippen LogP contribution in [0, 0.1) is 0 Å². The van der Waals surface area contributed by atoms with Crippen LogP contribution < -0.4 is 10.2 Å². The van der Waals surface area contributed by atoms with Crippen molar-refractivity contribution in [1.82, 2.24) is 29.5 Å². The summed E-state index contributed by atoms with van der Waals surface area (Å²) in [4.78, 5) is 16.0. The van der Waals surface area contributed by atoms with Crippen molar-refractivity contribution in [3.8, 4) is 11.3 Å². The number of hydrogen-bond donors (Lipinski definition) is 3. The van der Waals surface area contributed by atoms with E-state index in [0.29, 0.717) is 19.0 Å². The Labute approximate surface area is 188 Å². The number of ether oxygens (including phenoxy) is 1. The van der Waals surface area contributed by atoms with Crippen LogP contribution in [0.3, 0.4) is 0 Å². The highest BCUT2D eigenvalue weighted by molar-refractivity contribution is 5.84. The van der Waals surface area contributed by atoms with E-state index in [1.54, 1.807) is 18.6 Å². The van der Waals surface area contributed by atoms with Gasteiger partial charge in [-0.1, -0.05) is 12.1 Å². The van der Waals surface area contributed by atoms with Crippen molar-refractivity contribution < 1.29 is 9.84 Å². The zero-order valence-corrected chi connectivity index (χ0v) is 17.7. The van der Waals surface area contributed by atoms with Crippen molar-refractivity contribution in [2.24, 2.45) is 0 Å². The Morgan fingerprint density at radius 2 is 2.15 bits per heavy atom. The van der Waals surface area contributed by atoms with Crippen molar-refractivity contribution in [2.45, 2.75) is 6.10 Å². The lowest BCUT2D eigenvalue weighted by molar-refractivity contribution is 0.00336. The Morgan fingerprint density at radius 3 is 3.03 bits per heavy atom. The van der Waals surface area contributed by atoms with E-state index in [9.17, 15) is 5.11 Å². The molecule has 10 nitrogen and oxygen atoms in total. The summed E-state index contributed by atoms with van der Waals surface area (Å²) in [6.45, 7) is 1.95. The van der Waals surface area contributed by atoms with Crippen molar-refractivity contribution >= 4 is 33.9 Å². The number of hydrogen-bond acceptors (Lipinski definition) is 8. The number of pyridine rings is 1. The van der Waals surface area contributed by atoms with E-state index < -0.39 is 0 Å². The fraction of sp³-hybridized carbons (Fsp3) is 0.217. The molecule has 1 atom stereocenters. The van der Waals surface area contributed by atoms with Crippen molar-refractivity contribution in [1.29, 1.82) is 0 Å². The Balaban J connectivity index is 1.30. The molecule has 166 valence electrons. The smallest absolute Gasteiger partial charge is 0.180 e. The minimum atomic E-state index is -0.181. The minimum absolute atomic E-state index is 0.00572. The summed E-state index contributed by atoms with van der Waals surface area (Å²) in [5.41, 5.74) is 4.28.